The number of hydrogen-bond acceptors (Lipinski definition) is 2. The van der Waals surface area contributed by atoms with E-state index in [4.69, 9.17) is 0 Å². The van der Waals surface area contributed by atoms with Crippen LogP contribution in [0.3, 0.4) is 0 Å². The van der Waals surface area contributed by atoms with Gasteiger partial charge in [-0.25, -0.2) is 4.79 Å². The molecule has 1 aliphatic rings. The fraction of sp³-hybridized carbons (Fsp3) is 0.632. The van der Waals surface area contributed by atoms with Gasteiger partial charge in [0.15, 0.2) is 0 Å². The molecule has 2 rings (SSSR count). The summed E-state index contributed by atoms with van der Waals surface area (Å²) in [7, 11) is 6.04. The second-order valence-electron chi connectivity index (χ2n) is 7.11. The number of benzene rings is 1. The highest BCUT2D eigenvalue weighted by Crippen LogP contribution is 2.26. The Bertz CT molecular complexity index is 489. The number of urea groups is 1. The number of rotatable bonds is 5. The Morgan fingerprint density at radius 2 is 1.91 bits per heavy atom. The van der Waals surface area contributed by atoms with Gasteiger partial charge in [0, 0.05) is 19.6 Å². The monoisotopic (exact) mass is 317 g/mol. The van der Waals surface area contributed by atoms with Gasteiger partial charge in [0.1, 0.15) is 0 Å². The molecule has 1 saturated carbocycles. The number of nitrogens with one attached hydrogen (secondary N) is 1. The normalized spacial score (nSPS) is 22.7. The van der Waals surface area contributed by atoms with E-state index in [9.17, 15) is 4.79 Å². The van der Waals surface area contributed by atoms with Crippen molar-refractivity contribution in [2.24, 2.45) is 5.92 Å². The van der Waals surface area contributed by atoms with Gasteiger partial charge in [-0.3, -0.25) is 0 Å². The van der Waals surface area contributed by atoms with Crippen LogP contribution in [0.4, 0.5) is 4.79 Å². The third-order valence-electron chi connectivity index (χ3n) is 5.03. The van der Waals surface area contributed by atoms with Crippen LogP contribution in [0.25, 0.3) is 0 Å². The Morgan fingerprint density at radius 3 is 2.52 bits per heavy atom. The highest BCUT2D eigenvalue weighted by atomic mass is 16.2. The standard InChI is InChI=1S/C19H31N3O/c1-15-9-8-12-17(13-15)22(4)19(23)20-14-18(21(2)3)16-10-6-5-7-11-16/h5-7,10-11,15,17-18H,8-9,12-14H2,1-4H3,(H,20,23). The first-order valence-electron chi connectivity index (χ1n) is 8.71. The highest BCUT2D eigenvalue weighted by Gasteiger charge is 2.26. The topological polar surface area (TPSA) is 35.6 Å². The molecule has 0 aromatic heterocycles. The lowest BCUT2D eigenvalue weighted by Gasteiger charge is -2.34. The summed E-state index contributed by atoms with van der Waals surface area (Å²) in [6, 6.07) is 11.0. The Morgan fingerprint density at radius 1 is 1.22 bits per heavy atom. The Kier molecular flexibility index (Phi) is 6.46. The van der Waals surface area contributed by atoms with Crippen LogP contribution in [0.5, 0.6) is 0 Å². The summed E-state index contributed by atoms with van der Waals surface area (Å²) in [5.74, 6) is 0.725. The average molecular weight is 317 g/mol. The maximum absolute atomic E-state index is 12.5. The molecule has 3 atom stereocenters. The number of carbonyl (C=O) groups is 1. The van der Waals surface area contributed by atoms with Crippen molar-refractivity contribution in [1.29, 1.82) is 0 Å². The minimum absolute atomic E-state index is 0.0480. The Labute approximate surface area is 140 Å². The molecule has 3 unspecified atom stereocenters. The molecular formula is C19H31N3O. The van der Waals surface area contributed by atoms with E-state index in [2.05, 4.69) is 43.4 Å². The van der Waals surface area contributed by atoms with Crippen LogP contribution >= 0.6 is 0 Å². The Balaban J connectivity index is 1.91. The van der Waals surface area contributed by atoms with Crippen LogP contribution in [0.2, 0.25) is 0 Å². The molecule has 2 amide bonds. The van der Waals surface area contributed by atoms with E-state index < -0.39 is 0 Å². The summed E-state index contributed by atoms with van der Waals surface area (Å²) < 4.78 is 0. The zero-order valence-corrected chi connectivity index (χ0v) is 15.0. The average Bonchev–Trinajstić information content (AvgIpc) is 2.55. The van der Waals surface area contributed by atoms with Crippen LogP contribution in [0.15, 0.2) is 30.3 Å². The SMILES string of the molecule is CC1CCCC(N(C)C(=O)NCC(c2ccccc2)N(C)C)C1. The van der Waals surface area contributed by atoms with Crippen LogP contribution in [0.1, 0.15) is 44.2 Å². The summed E-state index contributed by atoms with van der Waals surface area (Å²) in [5.41, 5.74) is 1.23. The van der Waals surface area contributed by atoms with Gasteiger partial charge >= 0.3 is 6.03 Å². The summed E-state index contributed by atoms with van der Waals surface area (Å²) in [6.45, 7) is 2.91. The van der Waals surface area contributed by atoms with Crippen LogP contribution < -0.4 is 5.32 Å². The molecule has 23 heavy (non-hydrogen) atoms. The molecule has 0 radical (unpaired) electrons. The smallest absolute Gasteiger partial charge is 0.317 e. The van der Waals surface area contributed by atoms with Crippen LogP contribution in [-0.2, 0) is 0 Å². The van der Waals surface area contributed by atoms with Gasteiger partial charge in [-0.2, -0.15) is 0 Å². The zero-order chi connectivity index (χ0) is 16.8. The molecule has 0 heterocycles. The molecule has 4 heteroatoms. The predicted molar refractivity (Wildman–Crippen MR) is 95.5 cm³/mol. The lowest BCUT2D eigenvalue weighted by molar-refractivity contribution is 0.157. The molecule has 1 N–H and O–H groups in total. The van der Waals surface area contributed by atoms with Crippen molar-refractivity contribution in [2.45, 2.75) is 44.7 Å². The van der Waals surface area contributed by atoms with Crippen molar-refractivity contribution in [2.75, 3.05) is 27.7 Å². The number of amides is 2. The van der Waals surface area contributed by atoms with Gasteiger partial charge in [-0.15, -0.1) is 0 Å². The lowest BCUT2D eigenvalue weighted by atomic mass is 9.86. The van der Waals surface area contributed by atoms with E-state index in [1.165, 1.54) is 18.4 Å². The van der Waals surface area contributed by atoms with Crippen molar-refractivity contribution in [3.63, 3.8) is 0 Å². The van der Waals surface area contributed by atoms with E-state index in [1.807, 2.05) is 30.1 Å². The molecule has 1 fully saturated rings. The minimum Gasteiger partial charge on any atom is -0.336 e. The van der Waals surface area contributed by atoms with E-state index in [-0.39, 0.29) is 12.1 Å². The first-order valence-corrected chi connectivity index (χ1v) is 8.71. The number of hydrogen-bond donors (Lipinski definition) is 1. The third-order valence-corrected chi connectivity index (χ3v) is 5.03. The second kappa shape index (κ2) is 8.34. The van der Waals surface area contributed by atoms with Crippen molar-refractivity contribution in [3.8, 4) is 0 Å². The molecule has 1 aromatic rings. The molecule has 0 saturated heterocycles. The van der Waals surface area contributed by atoms with Crippen molar-refractivity contribution < 1.29 is 4.79 Å². The summed E-state index contributed by atoms with van der Waals surface area (Å²) in [5, 5.41) is 3.12. The lowest BCUT2D eigenvalue weighted by Crippen LogP contribution is -2.47. The van der Waals surface area contributed by atoms with Gasteiger partial charge in [0.05, 0.1) is 6.04 Å². The molecule has 0 spiro atoms. The Hall–Kier alpha value is -1.55. The summed E-state index contributed by atoms with van der Waals surface area (Å²) >= 11 is 0. The second-order valence-corrected chi connectivity index (χ2v) is 7.11. The van der Waals surface area contributed by atoms with Crippen LogP contribution in [0, 0.1) is 5.92 Å². The van der Waals surface area contributed by atoms with E-state index in [1.54, 1.807) is 0 Å². The van der Waals surface area contributed by atoms with Gasteiger partial charge in [-0.1, -0.05) is 50.1 Å². The maximum Gasteiger partial charge on any atom is 0.317 e. The van der Waals surface area contributed by atoms with Crippen LogP contribution in [-0.4, -0.2) is 49.6 Å². The highest BCUT2D eigenvalue weighted by molar-refractivity contribution is 5.74. The van der Waals surface area contributed by atoms with E-state index >= 15 is 0 Å². The van der Waals surface area contributed by atoms with E-state index in [0.29, 0.717) is 12.6 Å². The molecule has 4 nitrogen and oxygen atoms in total. The first-order chi connectivity index (χ1) is 11.0. The fourth-order valence-corrected chi connectivity index (χ4v) is 3.50. The molecule has 0 bridgehead atoms. The van der Waals surface area contributed by atoms with Gasteiger partial charge in [0.2, 0.25) is 0 Å². The first kappa shape index (κ1) is 17.8. The molecule has 1 aliphatic carbocycles. The third kappa shape index (κ3) is 4.96. The largest absolute Gasteiger partial charge is 0.336 e. The van der Waals surface area contributed by atoms with Gasteiger partial charge in [0.25, 0.3) is 0 Å². The van der Waals surface area contributed by atoms with Gasteiger partial charge in [-0.05, 0) is 38.4 Å². The molecule has 128 valence electrons. The quantitative estimate of drug-likeness (QED) is 0.902. The molecule has 0 aliphatic heterocycles. The maximum atomic E-state index is 12.5. The number of carbonyl (C=O) groups excluding carboxylic acids is 1. The predicted octanol–water partition coefficient (Wildman–Crippen LogP) is 3.51. The number of nitrogens with zero attached hydrogens (tertiary/aromatic N) is 2. The number of likely N-dealkylation sites (N-methyl/N-ethyl adjacent to an activating group) is 1. The zero-order valence-electron chi connectivity index (χ0n) is 15.0. The summed E-state index contributed by atoms with van der Waals surface area (Å²) in [4.78, 5) is 16.6. The minimum atomic E-state index is 0.0480. The molecule has 1 aromatic carbocycles. The molecular weight excluding hydrogens is 286 g/mol. The van der Waals surface area contributed by atoms with E-state index in [0.717, 1.165) is 18.8 Å². The summed E-state index contributed by atoms with van der Waals surface area (Å²) in [6.07, 6.45) is 4.78. The van der Waals surface area contributed by atoms with Crippen molar-refractivity contribution in [1.82, 2.24) is 15.1 Å². The van der Waals surface area contributed by atoms with Crippen molar-refractivity contribution >= 4 is 6.03 Å². The van der Waals surface area contributed by atoms with Gasteiger partial charge < -0.3 is 15.1 Å². The van der Waals surface area contributed by atoms with Crippen molar-refractivity contribution in [3.05, 3.63) is 35.9 Å². The fourth-order valence-electron chi connectivity index (χ4n) is 3.50.